The van der Waals surface area contributed by atoms with Crippen molar-refractivity contribution in [1.82, 2.24) is 20.0 Å². The fourth-order valence-corrected chi connectivity index (χ4v) is 2.24. The highest BCUT2D eigenvalue weighted by Crippen LogP contribution is 2.17. The minimum absolute atomic E-state index is 0.200. The summed E-state index contributed by atoms with van der Waals surface area (Å²) in [5.74, 6) is 0.333. The van der Waals surface area contributed by atoms with Gasteiger partial charge in [0.1, 0.15) is 11.4 Å². The lowest BCUT2D eigenvalue weighted by Crippen LogP contribution is -2.12. The molecule has 2 N–H and O–H groups in total. The Balaban J connectivity index is 1.58. The normalized spacial score (nSPS) is 10.5. The Bertz CT molecular complexity index is 815. The molecular formula is C14H11BrClN5O2. The van der Waals surface area contributed by atoms with Gasteiger partial charge in [0.15, 0.2) is 6.73 Å². The van der Waals surface area contributed by atoms with E-state index in [0.717, 1.165) is 10.2 Å². The Morgan fingerprint density at radius 1 is 1.35 bits per heavy atom. The van der Waals surface area contributed by atoms with Crippen LogP contribution in [0.3, 0.4) is 0 Å². The molecule has 118 valence electrons. The predicted molar refractivity (Wildman–Crippen MR) is 88.5 cm³/mol. The van der Waals surface area contributed by atoms with Crippen LogP contribution in [-0.4, -0.2) is 25.9 Å². The average Bonchev–Trinajstić information content (AvgIpc) is 3.15. The molecule has 2 aromatic heterocycles. The van der Waals surface area contributed by atoms with E-state index in [1.54, 1.807) is 10.9 Å². The van der Waals surface area contributed by atoms with Crippen LogP contribution in [0.4, 0.5) is 5.69 Å². The standard InChI is InChI=1S/C14H11BrClN5O2/c15-9-1-3-11(4-2-9)23-8-21-7-10(5-18-21)19-14(22)13-12(16)6-17-20-13/h1-7H,8H2,(H,17,20)(H,19,22). The number of aromatic amines is 1. The predicted octanol–water partition coefficient (Wildman–Crippen LogP) is 3.31. The molecule has 0 saturated carbocycles. The van der Waals surface area contributed by atoms with E-state index in [0.29, 0.717) is 5.69 Å². The van der Waals surface area contributed by atoms with Gasteiger partial charge in [0.25, 0.3) is 5.91 Å². The maximum atomic E-state index is 12.0. The van der Waals surface area contributed by atoms with Crippen LogP contribution >= 0.6 is 27.5 Å². The molecule has 0 radical (unpaired) electrons. The molecule has 0 spiro atoms. The molecule has 0 aliphatic carbocycles. The highest BCUT2D eigenvalue weighted by atomic mass is 79.9. The molecule has 0 aliphatic heterocycles. The summed E-state index contributed by atoms with van der Waals surface area (Å²) in [4.78, 5) is 12.0. The number of carbonyl (C=O) groups excluding carboxylic acids is 1. The summed E-state index contributed by atoms with van der Waals surface area (Å²) in [5, 5.41) is 13.3. The number of ether oxygens (including phenoxy) is 1. The van der Waals surface area contributed by atoms with Crippen LogP contribution < -0.4 is 10.1 Å². The number of nitrogens with one attached hydrogen (secondary N) is 2. The number of carbonyl (C=O) groups is 1. The average molecular weight is 397 g/mol. The lowest BCUT2D eigenvalue weighted by Gasteiger charge is -2.05. The molecule has 7 nitrogen and oxygen atoms in total. The van der Waals surface area contributed by atoms with Crippen molar-refractivity contribution in [3.8, 4) is 5.75 Å². The van der Waals surface area contributed by atoms with E-state index in [4.69, 9.17) is 16.3 Å². The second-order valence-electron chi connectivity index (χ2n) is 4.54. The molecule has 0 atom stereocenters. The third-order valence-corrected chi connectivity index (χ3v) is 3.70. The van der Waals surface area contributed by atoms with Crippen LogP contribution in [0.25, 0.3) is 0 Å². The van der Waals surface area contributed by atoms with Crippen molar-refractivity contribution >= 4 is 39.1 Å². The summed E-state index contributed by atoms with van der Waals surface area (Å²) >= 11 is 9.20. The zero-order valence-electron chi connectivity index (χ0n) is 11.7. The van der Waals surface area contributed by atoms with Gasteiger partial charge in [-0.1, -0.05) is 27.5 Å². The Labute approximate surface area is 144 Å². The third-order valence-electron chi connectivity index (χ3n) is 2.89. The molecule has 9 heteroatoms. The Morgan fingerprint density at radius 3 is 2.83 bits per heavy atom. The van der Waals surface area contributed by atoms with E-state index in [1.807, 2.05) is 24.3 Å². The second-order valence-corrected chi connectivity index (χ2v) is 5.87. The van der Waals surface area contributed by atoms with Gasteiger partial charge in [0, 0.05) is 4.47 Å². The van der Waals surface area contributed by atoms with Crippen molar-refractivity contribution in [2.75, 3.05) is 5.32 Å². The van der Waals surface area contributed by atoms with Crippen LogP contribution in [0.1, 0.15) is 10.5 Å². The first-order valence-electron chi connectivity index (χ1n) is 6.53. The summed E-state index contributed by atoms with van der Waals surface area (Å²) < 4.78 is 8.13. The van der Waals surface area contributed by atoms with Crippen molar-refractivity contribution in [1.29, 1.82) is 0 Å². The van der Waals surface area contributed by atoms with Gasteiger partial charge in [0.2, 0.25) is 0 Å². The van der Waals surface area contributed by atoms with Gasteiger partial charge < -0.3 is 10.1 Å². The van der Waals surface area contributed by atoms with Crippen LogP contribution in [0.5, 0.6) is 5.75 Å². The summed E-state index contributed by atoms with van der Waals surface area (Å²) in [5.41, 5.74) is 0.727. The SMILES string of the molecule is O=C(Nc1cnn(COc2ccc(Br)cc2)c1)c1[nH]ncc1Cl. The van der Waals surface area contributed by atoms with E-state index in [2.05, 4.69) is 36.5 Å². The van der Waals surface area contributed by atoms with Gasteiger partial charge in [-0.15, -0.1) is 0 Å². The van der Waals surface area contributed by atoms with Crippen LogP contribution in [-0.2, 0) is 6.73 Å². The number of anilines is 1. The first kappa shape index (κ1) is 15.6. The molecule has 0 bridgehead atoms. The number of hydrogen-bond donors (Lipinski definition) is 2. The number of nitrogens with zero attached hydrogens (tertiary/aromatic N) is 3. The smallest absolute Gasteiger partial charge is 0.275 e. The van der Waals surface area contributed by atoms with Crippen molar-refractivity contribution in [3.05, 3.63) is 58.0 Å². The minimum Gasteiger partial charge on any atom is -0.471 e. The van der Waals surface area contributed by atoms with Gasteiger partial charge in [0.05, 0.1) is 29.3 Å². The van der Waals surface area contributed by atoms with Gasteiger partial charge in [-0.05, 0) is 24.3 Å². The quantitative estimate of drug-likeness (QED) is 0.693. The van der Waals surface area contributed by atoms with E-state index in [-0.39, 0.29) is 23.4 Å². The van der Waals surface area contributed by atoms with E-state index in [9.17, 15) is 4.79 Å². The molecule has 3 aromatic rings. The summed E-state index contributed by atoms with van der Waals surface area (Å²) in [7, 11) is 0. The number of hydrogen-bond acceptors (Lipinski definition) is 4. The van der Waals surface area contributed by atoms with Crippen molar-refractivity contribution in [3.63, 3.8) is 0 Å². The zero-order chi connectivity index (χ0) is 16.2. The third kappa shape index (κ3) is 3.91. The lowest BCUT2D eigenvalue weighted by atomic mass is 10.3. The summed E-state index contributed by atoms with van der Waals surface area (Å²) in [6.45, 7) is 0.225. The Morgan fingerprint density at radius 2 is 2.13 bits per heavy atom. The summed E-state index contributed by atoms with van der Waals surface area (Å²) in [6, 6.07) is 7.46. The number of rotatable bonds is 5. The van der Waals surface area contributed by atoms with E-state index < -0.39 is 0 Å². The van der Waals surface area contributed by atoms with E-state index in [1.165, 1.54) is 12.4 Å². The molecular weight excluding hydrogens is 386 g/mol. The minimum atomic E-state index is -0.388. The molecule has 2 heterocycles. The molecule has 23 heavy (non-hydrogen) atoms. The maximum Gasteiger partial charge on any atom is 0.275 e. The highest BCUT2D eigenvalue weighted by Gasteiger charge is 2.13. The van der Waals surface area contributed by atoms with Crippen LogP contribution in [0, 0.1) is 0 Å². The molecule has 1 amide bonds. The van der Waals surface area contributed by atoms with Crippen LogP contribution in [0.15, 0.2) is 47.3 Å². The van der Waals surface area contributed by atoms with Gasteiger partial charge >= 0.3 is 0 Å². The topological polar surface area (TPSA) is 84.8 Å². The molecule has 0 saturated heterocycles. The van der Waals surface area contributed by atoms with Gasteiger partial charge in [-0.2, -0.15) is 10.2 Å². The largest absolute Gasteiger partial charge is 0.471 e. The Hall–Kier alpha value is -2.32. The monoisotopic (exact) mass is 395 g/mol. The molecule has 0 unspecified atom stereocenters. The fourth-order valence-electron chi connectivity index (χ4n) is 1.79. The number of H-pyrrole nitrogens is 1. The molecule has 3 rings (SSSR count). The first-order chi connectivity index (χ1) is 11.1. The fraction of sp³-hybridized carbons (Fsp3) is 0.0714. The van der Waals surface area contributed by atoms with Crippen LogP contribution in [0.2, 0.25) is 5.02 Å². The number of amides is 1. The first-order valence-corrected chi connectivity index (χ1v) is 7.70. The van der Waals surface area contributed by atoms with Crippen molar-refractivity contribution < 1.29 is 9.53 Å². The zero-order valence-corrected chi connectivity index (χ0v) is 14.0. The molecule has 1 aromatic carbocycles. The van der Waals surface area contributed by atoms with Crippen molar-refractivity contribution in [2.24, 2.45) is 0 Å². The Kier molecular flexibility index (Phi) is 4.63. The van der Waals surface area contributed by atoms with Gasteiger partial charge in [-0.3, -0.25) is 9.89 Å². The maximum absolute atomic E-state index is 12.0. The number of benzene rings is 1. The van der Waals surface area contributed by atoms with Crippen molar-refractivity contribution in [2.45, 2.75) is 6.73 Å². The highest BCUT2D eigenvalue weighted by molar-refractivity contribution is 9.10. The lowest BCUT2D eigenvalue weighted by molar-refractivity contribution is 0.102. The number of halogens is 2. The van der Waals surface area contributed by atoms with Gasteiger partial charge in [-0.25, -0.2) is 4.68 Å². The second kappa shape index (κ2) is 6.84. The number of aromatic nitrogens is 4. The molecule has 0 aliphatic rings. The molecule has 0 fully saturated rings. The summed E-state index contributed by atoms with van der Waals surface area (Å²) in [6.07, 6.45) is 4.54. The van der Waals surface area contributed by atoms with E-state index >= 15 is 0 Å².